The maximum atomic E-state index is 13.5. The van der Waals surface area contributed by atoms with Crippen LogP contribution in [-0.4, -0.2) is 58.6 Å². The van der Waals surface area contributed by atoms with E-state index in [0.717, 1.165) is 27.7 Å². The smallest absolute Gasteiger partial charge is 0.489 e. The number of para-hydroxylation sites is 1. The van der Waals surface area contributed by atoms with Crippen LogP contribution in [0.4, 0.5) is 18.0 Å². The Kier molecular flexibility index (Phi) is 10.6. The fraction of sp³-hybridized carbons (Fsp3) is 0.286. The summed E-state index contributed by atoms with van der Waals surface area (Å²) in [4.78, 5) is 60.1. The third-order valence-electron chi connectivity index (χ3n) is 7.85. The molecule has 1 unspecified atom stereocenters. The molecule has 0 saturated carbocycles. The second kappa shape index (κ2) is 15.0. The molecule has 3 amide bonds. The first-order valence-corrected chi connectivity index (χ1v) is 15.3. The van der Waals surface area contributed by atoms with Gasteiger partial charge in [-0.1, -0.05) is 48.5 Å². The number of nitrogens with zero attached hydrogens (tertiary/aromatic N) is 2. The van der Waals surface area contributed by atoms with Crippen molar-refractivity contribution in [1.29, 1.82) is 0 Å². The van der Waals surface area contributed by atoms with Crippen LogP contribution in [0.15, 0.2) is 84.9 Å². The zero-order valence-electron chi connectivity index (χ0n) is 26.4. The minimum atomic E-state index is -5.33. The van der Waals surface area contributed by atoms with E-state index >= 15 is 0 Å². The van der Waals surface area contributed by atoms with Gasteiger partial charge >= 0.3 is 18.2 Å². The summed E-state index contributed by atoms with van der Waals surface area (Å²) in [6.45, 7) is 2.17. The molecule has 1 saturated heterocycles. The normalized spacial score (nSPS) is 16.0. The lowest BCUT2D eigenvalue weighted by Gasteiger charge is -2.42. The van der Waals surface area contributed by atoms with Crippen LogP contribution in [-0.2, 0) is 32.4 Å². The summed E-state index contributed by atoms with van der Waals surface area (Å²) in [5.41, 5.74) is 3.64. The number of hydroxylamine groups is 1. The summed E-state index contributed by atoms with van der Waals surface area (Å²) in [6, 6.07) is 24.8. The number of fused-ring (bicyclic) bond motifs is 1. The van der Waals surface area contributed by atoms with Crippen LogP contribution in [0, 0.1) is 6.92 Å². The summed E-state index contributed by atoms with van der Waals surface area (Å²) in [5, 5.41) is 3.76. The van der Waals surface area contributed by atoms with Crippen LogP contribution in [0.5, 0.6) is 5.75 Å². The third-order valence-corrected chi connectivity index (χ3v) is 7.85. The van der Waals surface area contributed by atoms with E-state index in [-0.39, 0.29) is 38.3 Å². The molecule has 2 N–H and O–H groups in total. The Morgan fingerprint density at radius 2 is 1.65 bits per heavy atom. The number of rotatable bonds is 9. The Hall–Kier alpha value is -5.66. The zero-order valence-corrected chi connectivity index (χ0v) is 26.4. The van der Waals surface area contributed by atoms with Gasteiger partial charge in [0.05, 0.1) is 17.5 Å². The van der Waals surface area contributed by atoms with Crippen molar-refractivity contribution in [3.8, 4) is 5.75 Å². The van der Waals surface area contributed by atoms with Crippen molar-refractivity contribution < 1.29 is 46.7 Å². The van der Waals surface area contributed by atoms with Crippen molar-refractivity contribution in [2.45, 2.75) is 51.1 Å². The van der Waals surface area contributed by atoms with Gasteiger partial charge in [-0.3, -0.25) is 14.6 Å². The van der Waals surface area contributed by atoms with E-state index in [9.17, 15) is 32.3 Å². The molecule has 4 aromatic rings. The molecule has 0 spiro atoms. The highest BCUT2D eigenvalue weighted by Gasteiger charge is 2.44. The molecule has 1 aliphatic rings. The van der Waals surface area contributed by atoms with E-state index in [0.29, 0.717) is 12.2 Å². The number of alkyl halides is 3. The first-order chi connectivity index (χ1) is 23.4. The highest BCUT2D eigenvalue weighted by molar-refractivity contribution is 5.95. The van der Waals surface area contributed by atoms with Crippen LogP contribution in [0.25, 0.3) is 10.9 Å². The van der Waals surface area contributed by atoms with Crippen LogP contribution in [0.3, 0.4) is 0 Å². The topological polar surface area (TPSA) is 136 Å². The Bertz CT molecular complexity index is 1820. The Morgan fingerprint density at radius 1 is 0.939 bits per heavy atom. The fourth-order valence-electron chi connectivity index (χ4n) is 5.58. The standard InChI is InChI=1S/C35H33F3N4O7/c1-23-18-26(28-10-5-6-11-29(28)39-23)21-47-27-14-12-25(13-15-27)31(44)40-34(19-30(43)41-49-32(45)35(36,37)38)16-7-17-42(22-34)33(46)48-20-24-8-3-2-4-9-24/h2-6,8-15,18H,7,16-17,19-22H2,1H3,(H,40,44)(H,41,43). The van der Waals surface area contributed by atoms with Gasteiger partial charge < -0.3 is 24.5 Å². The van der Waals surface area contributed by atoms with Crippen molar-refractivity contribution in [2.24, 2.45) is 0 Å². The molecule has 5 rings (SSSR count). The van der Waals surface area contributed by atoms with E-state index in [2.05, 4.69) is 15.1 Å². The van der Waals surface area contributed by atoms with Gasteiger partial charge in [-0.05, 0) is 61.7 Å². The number of piperidine rings is 1. The van der Waals surface area contributed by atoms with Gasteiger partial charge in [-0.2, -0.15) is 18.7 Å². The van der Waals surface area contributed by atoms with Gasteiger partial charge in [0.2, 0.25) is 0 Å². The molecule has 14 heteroatoms. The molecule has 49 heavy (non-hydrogen) atoms. The quantitative estimate of drug-likeness (QED) is 0.220. The summed E-state index contributed by atoms with van der Waals surface area (Å²) < 4.78 is 49.3. The zero-order chi connectivity index (χ0) is 35.0. The molecule has 1 aliphatic heterocycles. The van der Waals surface area contributed by atoms with Gasteiger partial charge in [-0.15, -0.1) is 0 Å². The lowest BCUT2D eigenvalue weighted by molar-refractivity contribution is -0.207. The maximum absolute atomic E-state index is 13.5. The van der Waals surface area contributed by atoms with Crippen molar-refractivity contribution >= 4 is 34.8 Å². The van der Waals surface area contributed by atoms with Crippen LogP contribution in [0.1, 0.15) is 46.4 Å². The predicted molar refractivity (Wildman–Crippen MR) is 170 cm³/mol. The number of ether oxygens (including phenoxy) is 2. The highest BCUT2D eigenvalue weighted by atomic mass is 19.4. The number of likely N-dealkylation sites (tertiary alicyclic amines) is 1. The minimum Gasteiger partial charge on any atom is -0.489 e. The summed E-state index contributed by atoms with van der Waals surface area (Å²) in [5.74, 6) is -3.84. The lowest BCUT2D eigenvalue weighted by Crippen LogP contribution is -2.61. The van der Waals surface area contributed by atoms with Gasteiger partial charge in [0.15, 0.2) is 0 Å². The van der Waals surface area contributed by atoms with Gasteiger partial charge in [-0.25, -0.2) is 9.59 Å². The molecule has 3 aromatic carbocycles. The molecule has 1 aromatic heterocycles. The van der Waals surface area contributed by atoms with E-state index in [1.807, 2.05) is 43.3 Å². The first-order valence-electron chi connectivity index (χ1n) is 15.3. The predicted octanol–water partition coefficient (Wildman–Crippen LogP) is 5.55. The molecule has 2 heterocycles. The molecule has 1 atom stereocenters. The monoisotopic (exact) mass is 678 g/mol. The van der Waals surface area contributed by atoms with Gasteiger partial charge in [0.25, 0.3) is 11.8 Å². The summed E-state index contributed by atoms with van der Waals surface area (Å²) >= 11 is 0. The molecule has 256 valence electrons. The second-order valence-electron chi connectivity index (χ2n) is 11.6. The molecule has 11 nitrogen and oxygen atoms in total. The summed E-state index contributed by atoms with van der Waals surface area (Å²) in [6.07, 6.45) is -6.13. The molecular formula is C35H33F3N4O7. The number of halogens is 3. The van der Waals surface area contributed by atoms with Gasteiger partial charge in [0, 0.05) is 35.3 Å². The van der Waals surface area contributed by atoms with E-state index in [4.69, 9.17) is 9.47 Å². The number of aryl methyl sites for hydroxylation is 1. The second-order valence-corrected chi connectivity index (χ2v) is 11.6. The molecule has 0 aliphatic carbocycles. The first kappa shape index (κ1) is 34.7. The number of aromatic nitrogens is 1. The highest BCUT2D eigenvalue weighted by Crippen LogP contribution is 2.27. The number of hydrogen-bond acceptors (Lipinski definition) is 8. The largest absolute Gasteiger partial charge is 0.493 e. The van der Waals surface area contributed by atoms with Crippen molar-refractivity contribution in [1.82, 2.24) is 20.7 Å². The SMILES string of the molecule is Cc1cc(COc2ccc(C(=O)NC3(CC(=O)NOC(=O)C(F)(F)F)CCCN(C(=O)OCc4ccccc4)C3)cc2)c2ccccc2n1. The van der Waals surface area contributed by atoms with E-state index in [1.54, 1.807) is 36.4 Å². The fourth-order valence-corrected chi connectivity index (χ4v) is 5.58. The van der Waals surface area contributed by atoms with Crippen molar-refractivity contribution in [3.63, 3.8) is 0 Å². The average Bonchev–Trinajstić information content (AvgIpc) is 3.08. The molecule has 1 fully saturated rings. The van der Waals surface area contributed by atoms with Crippen molar-refractivity contribution in [2.75, 3.05) is 13.1 Å². The number of pyridine rings is 1. The Morgan fingerprint density at radius 3 is 2.39 bits per heavy atom. The van der Waals surface area contributed by atoms with E-state index in [1.165, 1.54) is 22.5 Å². The maximum Gasteiger partial charge on any atom is 0.493 e. The average molecular weight is 679 g/mol. The Balaban J connectivity index is 1.27. The van der Waals surface area contributed by atoms with E-state index < -0.39 is 42.0 Å². The number of carbonyl (C=O) groups excluding carboxylic acids is 4. The third kappa shape index (κ3) is 9.24. The van der Waals surface area contributed by atoms with Crippen LogP contribution < -0.4 is 15.5 Å². The molecule has 0 radical (unpaired) electrons. The number of nitrogens with one attached hydrogen (secondary N) is 2. The van der Waals surface area contributed by atoms with Crippen molar-refractivity contribution in [3.05, 3.63) is 107 Å². The molecular weight excluding hydrogens is 645 g/mol. The Labute approximate surface area is 279 Å². The van der Waals surface area contributed by atoms with Crippen LogP contribution >= 0.6 is 0 Å². The van der Waals surface area contributed by atoms with Crippen LogP contribution in [0.2, 0.25) is 0 Å². The number of carbonyl (C=O) groups is 4. The lowest BCUT2D eigenvalue weighted by atomic mass is 9.85. The minimum absolute atomic E-state index is 0.0190. The number of amides is 3. The van der Waals surface area contributed by atoms with Gasteiger partial charge in [0.1, 0.15) is 19.0 Å². The molecule has 0 bridgehead atoms. The number of hydrogen-bond donors (Lipinski definition) is 2. The number of benzene rings is 3. The summed E-state index contributed by atoms with van der Waals surface area (Å²) in [7, 11) is 0.